The highest BCUT2D eigenvalue weighted by atomic mass is 32.2. The summed E-state index contributed by atoms with van der Waals surface area (Å²) in [6.07, 6.45) is 8.91. The molecule has 0 spiro atoms. The van der Waals surface area contributed by atoms with Crippen LogP contribution in [0.2, 0.25) is 0 Å². The summed E-state index contributed by atoms with van der Waals surface area (Å²) >= 11 is 1.55. The molecule has 0 unspecified atom stereocenters. The van der Waals surface area contributed by atoms with E-state index in [1.807, 2.05) is 6.26 Å². The van der Waals surface area contributed by atoms with Crippen molar-refractivity contribution in [3.63, 3.8) is 0 Å². The first kappa shape index (κ1) is 14.6. The Morgan fingerprint density at radius 3 is 1.81 bits per heavy atom. The van der Waals surface area contributed by atoms with Gasteiger partial charge in [-0.25, -0.2) is 9.97 Å². The highest BCUT2D eigenvalue weighted by Crippen LogP contribution is 2.31. The Labute approximate surface area is 130 Å². The highest BCUT2D eigenvalue weighted by molar-refractivity contribution is 7.98. The molecule has 1 aromatic rings. The van der Waals surface area contributed by atoms with E-state index in [-0.39, 0.29) is 0 Å². The summed E-state index contributed by atoms with van der Waals surface area (Å²) in [5, 5.41) is 0.767. The van der Waals surface area contributed by atoms with Crippen LogP contribution in [0.3, 0.4) is 0 Å². The molecule has 0 amide bonds. The van der Waals surface area contributed by atoms with Crippen LogP contribution in [0.15, 0.2) is 5.16 Å². The summed E-state index contributed by atoms with van der Waals surface area (Å²) in [4.78, 5) is 25.5. The third-order valence-electron chi connectivity index (χ3n) is 4.25. The average molecular weight is 306 g/mol. The normalized spacial score (nSPS) is 19.1. The van der Waals surface area contributed by atoms with E-state index in [1.54, 1.807) is 11.8 Å². The minimum atomic E-state index is 0.677. The fourth-order valence-electron chi connectivity index (χ4n) is 3.14. The fraction of sp³-hybridized carbons (Fsp3) is 0.667. The number of rotatable bonds is 4. The van der Waals surface area contributed by atoms with E-state index in [1.165, 1.54) is 32.1 Å². The zero-order valence-electron chi connectivity index (χ0n) is 12.5. The summed E-state index contributed by atoms with van der Waals surface area (Å²) in [6.45, 7) is 3.96. The average Bonchev–Trinajstić information content (AvgIpc) is 3.08. The molecule has 0 bridgehead atoms. The molecule has 0 N–H and O–H groups in total. The molecule has 2 fully saturated rings. The minimum absolute atomic E-state index is 0.677. The van der Waals surface area contributed by atoms with Gasteiger partial charge in [0, 0.05) is 26.2 Å². The lowest BCUT2D eigenvalue weighted by molar-refractivity contribution is 0.112. The van der Waals surface area contributed by atoms with Gasteiger partial charge in [-0.15, -0.1) is 0 Å². The number of thioether (sulfide) groups is 1. The largest absolute Gasteiger partial charge is 0.356 e. The van der Waals surface area contributed by atoms with E-state index < -0.39 is 0 Å². The number of hydrogen-bond donors (Lipinski definition) is 0. The summed E-state index contributed by atoms with van der Waals surface area (Å²) in [5.41, 5.74) is 0.677. The van der Waals surface area contributed by atoms with Crippen LogP contribution in [-0.4, -0.2) is 48.7 Å². The van der Waals surface area contributed by atoms with Crippen molar-refractivity contribution >= 4 is 29.7 Å². The maximum absolute atomic E-state index is 11.7. The van der Waals surface area contributed by atoms with Crippen molar-refractivity contribution in [1.29, 1.82) is 0 Å². The molecular weight excluding hydrogens is 284 g/mol. The van der Waals surface area contributed by atoms with Crippen molar-refractivity contribution in [2.75, 3.05) is 42.2 Å². The van der Waals surface area contributed by atoms with Crippen LogP contribution < -0.4 is 9.80 Å². The summed E-state index contributed by atoms with van der Waals surface area (Å²) in [7, 11) is 0. The molecule has 114 valence electrons. The minimum Gasteiger partial charge on any atom is -0.356 e. The molecule has 6 heteroatoms. The lowest BCUT2D eigenvalue weighted by Gasteiger charge is -2.30. The Morgan fingerprint density at radius 2 is 1.38 bits per heavy atom. The van der Waals surface area contributed by atoms with Gasteiger partial charge < -0.3 is 9.80 Å². The Kier molecular flexibility index (Phi) is 4.63. The zero-order valence-corrected chi connectivity index (χ0v) is 13.4. The summed E-state index contributed by atoms with van der Waals surface area (Å²) in [5.74, 6) is 1.67. The molecule has 1 aromatic heterocycles. The molecular formula is C15H22N4OS. The Balaban J connectivity index is 2.03. The third-order valence-corrected chi connectivity index (χ3v) is 4.79. The number of aldehydes is 1. The van der Waals surface area contributed by atoms with Gasteiger partial charge in [0.25, 0.3) is 0 Å². The predicted octanol–water partition coefficient (Wildman–Crippen LogP) is 2.60. The molecule has 0 aromatic carbocycles. The third kappa shape index (κ3) is 3.00. The monoisotopic (exact) mass is 306 g/mol. The molecule has 3 heterocycles. The van der Waals surface area contributed by atoms with Crippen molar-refractivity contribution in [1.82, 2.24) is 9.97 Å². The lowest BCUT2D eigenvalue weighted by Crippen LogP contribution is -2.32. The zero-order chi connectivity index (χ0) is 14.7. The van der Waals surface area contributed by atoms with Gasteiger partial charge in [-0.05, 0) is 38.4 Å². The molecule has 0 radical (unpaired) electrons. The second kappa shape index (κ2) is 6.64. The van der Waals surface area contributed by atoms with Gasteiger partial charge >= 0.3 is 0 Å². The number of carbonyl (C=O) groups is 1. The van der Waals surface area contributed by atoms with Gasteiger partial charge in [0.15, 0.2) is 11.4 Å². The number of anilines is 2. The molecule has 21 heavy (non-hydrogen) atoms. The number of hydrogen-bond acceptors (Lipinski definition) is 6. The van der Waals surface area contributed by atoms with Crippen molar-refractivity contribution in [3.05, 3.63) is 5.56 Å². The van der Waals surface area contributed by atoms with E-state index in [4.69, 9.17) is 0 Å². The van der Waals surface area contributed by atoms with E-state index in [0.717, 1.165) is 49.3 Å². The topological polar surface area (TPSA) is 49.3 Å². The van der Waals surface area contributed by atoms with Crippen LogP contribution >= 0.6 is 11.8 Å². The first-order valence-corrected chi connectivity index (χ1v) is 8.97. The van der Waals surface area contributed by atoms with Crippen LogP contribution in [0.5, 0.6) is 0 Å². The van der Waals surface area contributed by atoms with Crippen molar-refractivity contribution in [3.8, 4) is 0 Å². The van der Waals surface area contributed by atoms with Gasteiger partial charge in [0.05, 0.1) is 5.56 Å². The smallest absolute Gasteiger partial charge is 0.191 e. The Bertz CT molecular complexity index is 511. The van der Waals surface area contributed by atoms with E-state index in [9.17, 15) is 4.79 Å². The SMILES string of the molecule is CSc1nc(N2CCCCC2)c(C=O)c(N2CCCC2)n1. The van der Waals surface area contributed by atoms with Gasteiger partial charge in [-0.1, -0.05) is 11.8 Å². The molecule has 3 rings (SSSR count). The lowest BCUT2D eigenvalue weighted by atomic mass is 10.1. The maximum Gasteiger partial charge on any atom is 0.191 e. The second-order valence-electron chi connectivity index (χ2n) is 5.63. The molecule has 2 aliphatic rings. The van der Waals surface area contributed by atoms with Crippen LogP contribution in [-0.2, 0) is 0 Å². The van der Waals surface area contributed by atoms with E-state index >= 15 is 0 Å². The van der Waals surface area contributed by atoms with E-state index in [2.05, 4.69) is 19.8 Å². The van der Waals surface area contributed by atoms with Crippen molar-refractivity contribution in [2.24, 2.45) is 0 Å². The molecule has 5 nitrogen and oxygen atoms in total. The van der Waals surface area contributed by atoms with Gasteiger partial charge in [-0.2, -0.15) is 0 Å². The number of nitrogens with zero attached hydrogens (tertiary/aromatic N) is 4. The Hall–Kier alpha value is -1.30. The number of carbonyl (C=O) groups excluding carboxylic acids is 1. The second-order valence-corrected chi connectivity index (χ2v) is 6.40. The quantitative estimate of drug-likeness (QED) is 0.484. The highest BCUT2D eigenvalue weighted by Gasteiger charge is 2.25. The first-order chi connectivity index (χ1) is 10.3. The summed E-state index contributed by atoms with van der Waals surface area (Å²) < 4.78 is 0. The van der Waals surface area contributed by atoms with Crippen LogP contribution in [0, 0.1) is 0 Å². The van der Waals surface area contributed by atoms with Crippen LogP contribution in [0.1, 0.15) is 42.5 Å². The molecule has 0 saturated carbocycles. The number of aromatic nitrogens is 2. The molecule has 0 atom stereocenters. The van der Waals surface area contributed by atoms with Gasteiger partial charge in [0.1, 0.15) is 11.6 Å². The van der Waals surface area contributed by atoms with E-state index in [0.29, 0.717) is 5.56 Å². The van der Waals surface area contributed by atoms with Crippen molar-refractivity contribution < 1.29 is 4.79 Å². The maximum atomic E-state index is 11.7. The van der Waals surface area contributed by atoms with Crippen LogP contribution in [0.25, 0.3) is 0 Å². The van der Waals surface area contributed by atoms with Crippen molar-refractivity contribution in [2.45, 2.75) is 37.3 Å². The Morgan fingerprint density at radius 1 is 0.905 bits per heavy atom. The first-order valence-electron chi connectivity index (χ1n) is 7.74. The van der Waals surface area contributed by atoms with Crippen LogP contribution in [0.4, 0.5) is 11.6 Å². The standard InChI is InChI=1S/C15H22N4OS/c1-21-15-16-13(18-7-3-2-4-8-18)12(11-20)14(17-15)19-9-5-6-10-19/h11H,2-10H2,1H3. The molecule has 2 aliphatic heterocycles. The molecule has 2 saturated heterocycles. The predicted molar refractivity (Wildman–Crippen MR) is 86.7 cm³/mol. The fourth-order valence-corrected chi connectivity index (χ4v) is 3.50. The van der Waals surface area contributed by atoms with Gasteiger partial charge in [-0.3, -0.25) is 4.79 Å². The molecule has 0 aliphatic carbocycles. The van der Waals surface area contributed by atoms with Gasteiger partial charge in [0.2, 0.25) is 0 Å². The number of piperidine rings is 1. The summed E-state index contributed by atoms with van der Waals surface area (Å²) in [6, 6.07) is 0.